The molecule has 4 nitrogen and oxygen atoms in total. The van der Waals surface area contributed by atoms with Crippen LogP contribution in [0.2, 0.25) is 0 Å². The highest BCUT2D eigenvalue weighted by molar-refractivity contribution is 7.80. The normalized spacial score (nSPS) is 15.0. The molecule has 0 heterocycles. The number of carbonyl (C=O) groups is 1. The second-order valence-corrected chi connectivity index (χ2v) is 5.50. The van der Waals surface area contributed by atoms with Crippen molar-refractivity contribution in [3.05, 3.63) is 0 Å². The van der Waals surface area contributed by atoms with Gasteiger partial charge in [-0.3, -0.25) is 4.79 Å². The van der Waals surface area contributed by atoms with Gasteiger partial charge in [0.25, 0.3) is 0 Å². The van der Waals surface area contributed by atoms with Crippen molar-refractivity contribution in [2.45, 2.75) is 25.7 Å². The Hall–Kier alpha value is -0.680. The van der Waals surface area contributed by atoms with Gasteiger partial charge in [0.1, 0.15) is 0 Å². The van der Waals surface area contributed by atoms with Crippen molar-refractivity contribution in [1.29, 1.82) is 0 Å². The summed E-state index contributed by atoms with van der Waals surface area (Å²) in [5.74, 6) is 0.570. The fourth-order valence-electron chi connectivity index (χ4n) is 1.74. The molecule has 0 aromatic heterocycles. The van der Waals surface area contributed by atoms with Gasteiger partial charge in [0.2, 0.25) is 5.91 Å². The van der Waals surface area contributed by atoms with E-state index in [2.05, 4.69) is 4.90 Å². The maximum Gasteiger partial charge on any atom is 0.225 e. The molecule has 0 bridgehead atoms. The maximum atomic E-state index is 12.0. The van der Waals surface area contributed by atoms with Crippen LogP contribution >= 0.6 is 12.2 Å². The lowest BCUT2D eigenvalue weighted by Gasteiger charge is -2.23. The van der Waals surface area contributed by atoms with Crippen LogP contribution in [0.1, 0.15) is 25.7 Å². The molecular formula is C12H23N3OS. The van der Waals surface area contributed by atoms with E-state index < -0.39 is 0 Å². The molecule has 2 N–H and O–H groups in total. The van der Waals surface area contributed by atoms with Crippen LogP contribution in [-0.2, 0) is 4.79 Å². The van der Waals surface area contributed by atoms with E-state index in [1.54, 1.807) is 0 Å². The third-order valence-electron chi connectivity index (χ3n) is 2.90. The Bertz CT molecular complexity index is 277. The first-order valence-corrected chi connectivity index (χ1v) is 6.63. The highest BCUT2D eigenvalue weighted by atomic mass is 32.1. The van der Waals surface area contributed by atoms with Crippen molar-refractivity contribution < 1.29 is 4.79 Å². The maximum absolute atomic E-state index is 12.0. The van der Waals surface area contributed by atoms with Crippen molar-refractivity contribution in [1.82, 2.24) is 9.80 Å². The molecule has 1 rings (SSSR count). The lowest BCUT2D eigenvalue weighted by Crippen LogP contribution is -2.36. The number of nitrogens with two attached hydrogens (primary N) is 1. The zero-order valence-corrected chi connectivity index (χ0v) is 11.6. The van der Waals surface area contributed by atoms with E-state index in [1.807, 2.05) is 19.0 Å². The first-order valence-electron chi connectivity index (χ1n) is 6.22. The SMILES string of the molecule is CN(C)CCCN(CCC(N)=S)C(=O)C1CC1. The minimum Gasteiger partial charge on any atom is -0.393 e. The van der Waals surface area contributed by atoms with Gasteiger partial charge in [-0.15, -0.1) is 0 Å². The van der Waals surface area contributed by atoms with Crippen molar-refractivity contribution in [3.63, 3.8) is 0 Å². The van der Waals surface area contributed by atoms with Gasteiger partial charge in [0.05, 0.1) is 4.99 Å². The predicted octanol–water partition coefficient (Wildman–Crippen LogP) is 0.853. The minimum atomic E-state index is 0.278. The molecule has 1 aliphatic carbocycles. The van der Waals surface area contributed by atoms with Crippen molar-refractivity contribution >= 4 is 23.1 Å². The molecule has 0 unspecified atom stereocenters. The Balaban J connectivity index is 2.34. The summed E-state index contributed by atoms with van der Waals surface area (Å²) in [5.41, 5.74) is 5.49. The Morgan fingerprint density at radius 1 is 1.29 bits per heavy atom. The summed E-state index contributed by atoms with van der Waals surface area (Å²) < 4.78 is 0. The number of hydrogen-bond acceptors (Lipinski definition) is 3. The van der Waals surface area contributed by atoms with Gasteiger partial charge in [-0.1, -0.05) is 12.2 Å². The second-order valence-electron chi connectivity index (χ2n) is 4.97. The van der Waals surface area contributed by atoms with Crippen LogP contribution in [0, 0.1) is 5.92 Å². The lowest BCUT2D eigenvalue weighted by atomic mass is 10.2. The summed E-state index contributed by atoms with van der Waals surface area (Å²) in [6.07, 6.45) is 3.74. The summed E-state index contributed by atoms with van der Waals surface area (Å²) in [4.78, 5) is 16.6. The third-order valence-corrected chi connectivity index (χ3v) is 3.10. The van der Waals surface area contributed by atoms with Crippen molar-refractivity contribution in [2.24, 2.45) is 11.7 Å². The number of rotatable bonds is 8. The van der Waals surface area contributed by atoms with Gasteiger partial charge in [0.15, 0.2) is 0 Å². The number of hydrogen-bond donors (Lipinski definition) is 1. The summed E-state index contributed by atoms with van der Waals surface area (Å²) in [7, 11) is 4.09. The molecule has 0 aromatic rings. The van der Waals surface area contributed by atoms with Crippen LogP contribution in [0.4, 0.5) is 0 Å². The number of carbonyl (C=O) groups excluding carboxylic acids is 1. The van der Waals surface area contributed by atoms with E-state index in [0.29, 0.717) is 23.9 Å². The van der Waals surface area contributed by atoms with Gasteiger partial charge in [-0.25, -0.2) is 0 Å². The summed E-state index contributed by atoms with van der Waals surface area (Å²) >= 11 is 4.87. The molecule has 0 saturated heterocycles. The molecule has 1 fully saturated rings. The molecular weight excluding hydrogens is 234 g/mol. The van der Waals surface area contributed by atoms with Crippen LogP contribution in [0.5, 0.6) is 0 Å². The average Bonchev–Trinajstić information content (AvgIpc) is 3.04. The second kappa shape index (κ2) is 6.91. The fraction of sp³-hybridized carbons (Fsp3) is 0.833. The highest BCUT2D eigenvalue weighted by Crippen LogP contribution is 2.31. The largest absolute Gasteiger partial charge is 0.393 e. The smallest absolute Gasteiger partial charge is 0.225 e. The topological polar surface area (TPSA) is 49.6 Å². The monoisotopic (exact) mass is 257 g/mol. The van der Waals surface area contributed by atoms with E-state index in [9.17, 15) is 4.79 Å². The van der Waals surface area contributed by atoms with Crippen molar-refractivity contribution in [3.8, 4) is 0 Å². The first kappa shape index (κ1) is 14.4. The molecule has 17 heavy (non-hydrogen) atoms. The zero-order valence-electron chi connectivity index (χ0n) is 10.8. The average molecular weight is 257 g/mol. The Kier molecular flexibility index (Phi) is 5.85. The Labute approximate surface area is 109 Å². The molecule has 1 aliphatic rings. The molecule has 98 valence electrons. The van der Waals surface area contributed by atoms with Gasteiger partial charge < -0.3 is 15.5 Å². The predicted molar refractivity (Wildman–Crippen MR) is 73.9 cm³/mol. The molecule has 0 aromatic carbocycles. The molecule has 5 heteroatoms. The zero-order chi connectivity index (χ0) is 12.8. The number of thiocarbonyl (C=S) groups is 1. The summed E-state index contributed by atoms with van der Waals surface area (Å²) in [6.45, 7) is 2.50. The van der Waals surface area contributed by atoms with E-state index in [4.69, 9.17) is 18.0 Å². The van der Waals surface area contributed by atoms with Crippen LogP contribution in [0.15, 0.2) is 0 Å². The van der Waals surface area contributed by atoms with Gasteiger partial charge >= 0.3 is 0 Å². The quantitative estimate of drug-likeness (QED) is 0.655. The summed E-state index contributed by atoms with van der Waals surface area (Å²) in [5, 5.41) is 0. The molecule has 0 atom stereocenters. The van der Waals surface area contributed by atoms with E-state index in [1.165, 1.54) is 0 Å². The fourth-order valence-corrected chi connectivity index (χ4v) is 1.83. The van der Waals surface area contributed by atoms with Crippen LogP contribution < -0.4 is 5.73 Å². The third kappa shape index (κ3) is 5.98. The standard InChI is InChI=1S/C12H23N3OS/c1-14(2)7-3-8-15(9-6-11(13)17)12(16)10-4-5-10/h10H,3-9H2,1-2H3,(H2,13,17). The summed E-state index contributed by atoms with van der Waals surface area (Å²) in [6, 6.07) is 0. The van der Waals surface area contributed by atoms with Crippen LogP contribution in [0.25, 0.3) is 0 Å². The number of amides is 1. The van der Waals surface area contributed by atoms with Crippen LogP contribution in [0.3, 0.4) is 0 Å². The molecule has 0 spiro atoms. The molecule has 0 radical (unpaired) electrons. The van der Waals surface area contributed by atoms with E-state index in [0.717, 1.165) is 32.4 Å². The molecule has 1 saturated carbocycles. The number of nitrogens with zero attached hydrogens (tertiary/aromatic N) is 2. The van der Waals surface area contributed by atoms with Gasteiger partial charge in [-0.2, -0.15) is 0 Å². The molecule has 1 amide bonds. The van der Waals surface area contributed by atoms with Crippen molar-refractivity contribution in [2.75, 3.05) is 33.7 Å². The van der Waals surface area contributed by atoms with E-state index in [-0.39, 0.29) is 5.92 Å². The highest BCUT2D eigenvalue weighted by Gasteiger charge is 2.32. The Morgan fingerprint density at radius 2 is 1.94 bits per heavy atom. The Morgan fingerprint density at radius 3 is 2.41 bits per heavy atom. The van der Waals surface area contributed by atoms with Gasteiger partial charge in [0, 0.05) is 25.4 Å². The minimum absolute atomic E-state index is 0.278. The first-order chi connectivity index (χ1) is 8.00. The lowest BCUT2D eigenvalue weighted by molar-refractivity contribution is -0.132. The molecule has 0 aliphatic heterocycles. The van der Waals surface area contributed by atoms with E-state index >= 15 is 0 Å². The van der Waals surface area contributed by atoms with Crippen LogP contribution in [-0.4, -0.2) is 54.4 Å². The van der Waals surface area contributed by atoms with Gasteiger partial charge in [-0.05, 0) is 39.9 Å².